The van der Waals surface area contributed by atoms with Gasteiger partial charge in [-0.2, -0.15) is 0 Å². The zero-order valence-electron chi connectivity index (χ0n) is 14.5. The quantitative estimate of drug-likeness (QED) is 0.542. The van der Waals surface area contributed by atoms with E-state index in [4.69, 9.17) is 11.6 Å². The molecule has 2 heterocycles. The molecule has 1 N–H and O–H groups in total. The average Bonchev–Trinajstić information content (AvgIpc) is 2.86. The van der Waals surface area contributed by atoms with Crippen molar-refractivity contribution in [3.05, 3.63) is 64.9 Å². The molecule has 0 fully saturated rings. The van der Waals surface area contributed by atoms with Crippen molar-refractivity contribution in [3.63, 3.8) is 0 Å². The number of fused-ring (bicyclic) bond motifs is 2. The monoisotopic (exact) mass is 364 g/mol. The van der Waals surface area contributed by atoms with E-state index in [1.807, 2.05) is 48.7 Å². The molecule has 0 unspecified atom stereocenters. The van der Waals surface area contributed by atoms with Gasteiger partial charge in [0.25, 0.3) is 0 Å². The molecule has 0 atom stereocenters. The van der Waals surface area contributed by atoms with Crippen molar-refractivity contribution in [3.8, 4) is 11.1 Å². The Morgan fingerprint density at radius 1 is 1.15 bits per heavy atom. The maximum absolute atomic E-state index is 11.4. The van der Waals surface area contributed by atoms with Gasteiger partial charge in [0.15, 0.2) is 0 Å². The third-order valence-corrected chi connectivity index (χ3v) is 5.06. The van der Waals surface area contributed by atoms with Gasteiger partial charge in [-0.3, -0.25) is 9.78 Å². The van der Waals surface area contributed by atoms with Gasteiger partial charge in [-0.1, -0.05) is 29.8 Å². The molecule has 2 aromatic carbocycles. The van der Waals surface area contributed by atoms with Gasteiger partial charge in [-0.15, -0.1) is 0 Å². The molecule has 0 radical (unpaired) electrons. The molecule has 2 aromatic heterocycles. The van der Waals surface area contributed by atoms with Crippen LogP contribution in [0.25, 0.3) is 32.9 Å². The fourth-order valence-electron chi connectivity index (χ4n) is 3.68. The van der Waals surface area contributed by atoms with E-state index in [9.17, 15) is 9.90 Å². The average molecular weight is 365 g/mol. The highest BCUT2D eigenvalue weighted by Gasteiger charge is 2.19. The Hall–Kier alpha value is -2.85. The lowest BCUT2D eigenvalue weighted by Crippen LogP contribution is -2.09. The number of pyridine rings is 1. The fraction of sp³-hybridized carbons (Fsp3) is 0.143. The molecule has 0 amide bonds. The van der Waals surface area contributed by atoms with E-state index in [2.05, 4.69) is 11.1 Å². The van der Waals surface area contributed by atoms with Crippen molar-refractivity contribution >= 4 is 39.4 Å². The summed E-state index contributed by atoms with van der Waals surface area (Å²) in [6.45, 7) is 3.90. The molecule has 130 valence electrons. The molecular formula is C21H17ClN2O2. The molecule has 4 aromatic rings. The van der Waals surface area contributed by atoms with Gasteiger partial charge in [-0.05, 0) is 49.2 Å². The van der Waals surface area contributed by atoms with Crippen LogP contribution >= 0.6 is 11.6 Å². The van der Waals surface area contributed by atoms with E-state index in [0.29, 0.717) is 5.02 Å². The Morgan fingerprint density at radius 2 is 1.96 bits per heavy atom. The van der Waals surface area contributed by atoms with Gasteiger partial charge < -0.3 is 9.67 Å². The SMILES string of the molecule is Cc1cccc2c(-c3c(C)n(CC(=O)O)c4ccc(Cl)cc34)ccnc12. The Morgan fingerprint density at radius 3 is 2.73 bits per heavy atom. The first-order valence-electron chi connectivity index (χ1n) is 8.32. The molecule has 0 bridgehead atoms. The normalized spacial score (nSPS) is 11.3. The Kier molecular flexibility index (Phi) is 3.93. The number of benzene rings is 2. The summed E-state index contributed by atoms with van der Waals surface area (Å²) in [7, 11) is 0. The minimum atomic E-state index is -0.873. The van der Waals surface area contributed by atoms with E-state index in [1.165, 1.54) is 0 Å². The van der Waals surface area contributed by atoms with E-state index in [-0.39, 0.29) is 6.54 Å². The van der Waals surface area contributed by atoms with Crippen LogP contribution in [0.3, 0.4) is 0 Å². The predicted octanol–water partition coefficient (Wildman–Crippen LogP) is 5.21. The number of aliphatic carboxylic acids is 1. The molecule has 26 heavy (non-hydrogen) atoms. The molecule has 0 aliphatic heterocycles. The van der Waals surface area contributed by atoms with Crippen LogP contribution in [0, 0.1) is 13.8 Å². The van der Waals surface area contributed by atoms with E-state index in [1.54, 1.807) is 12.3 Å². The van der Waals surface area contributed by atoms with Crippen molar-refractivity contribution in [1.29, 1.82) is 0 Å². The van der Waals surface area contributed by atoms with E-state index < -0.39 is 5.97 Å². The van der Waals surface area contributed by atoms with Crippen LogP contribution in [-0.2, 0) is 11.3 Å². The molecular weight excluding hydrogens is 348 g/mol. The van der Waals surface area contributed by atoms with Crippen molar-refractivity contribution in [2.45, 2.75) is 20.4 Å². The number of para-hydroxylation sites is 1. The summed E-state index contributed by atoms with van der Waals surface area (Å²) in [5.74, 6) is -0.873. The molecule has 0 saturated carbocycles. The van der Waals surface area contributed by atoms with Crippen LogP contribution in [0.1, 0.15) is 11.3 Å². The number of hydrogen-bond acceptors (Lipinski definition) is 2. The van der Waals surface area contributed by atoms with E-state index in [0.717, 1.165) is 44.2 Å². The Labute approximate surface area is 155 Å². The maximum atomic E-state index is 11.4. The standard InChI is InChI=1S/C21H17ClN2O2/c1-12-4-3-5-16-15(8-9-23-21(12)16)20-13(2)24(11-19(25)26)18-7-6-14(22)10-17(18)20/h3-10H,11H2,1-2H3,(H,25,26). The Bertz CT molecular complexity index is 1180. The van der Waals surface area contributed by atoms with Crippen molar-refractivity contribution < 1.29 is 9.90 Å². The molecule has 0 aliphatic rings. The van der Waals surface area contributed by atoms with Crippen molar-refractivity contribution in [1.82, 2.24) is 9.55 Å². The minimum absolute atomic E-state index is 0.0913. The minimum Gasteiger partial charge on any atom is -0.480 e. The summed E-state index contributed by atoms with van der Waals surface area (Å²) in [5.41, 5.74) is 5.86. The Balaban J connectivity index is 2.13. The van der Waals surface area contributed by atoms with Gasteiger partial charge in [0, 0.05) is 38.8 Å². The summed E-state index contributed by atoms with van der Waals surface area (Å²) in [6.07, 6.45) is 1.80. The zero-order chi connectivity index (χ0) is 18.4. The first kappa shape index (κ1) is 16.6. The van der Waals surface area contributed by atoms with Gasteiger partial charge >= 0.3 is 5.97 Å². The van der Waals surface area contributed by atoms with Crippen LogP contribution in [0.15, 0.2) is 48.7 Å². The first-order chi connectivity index (χ1) is 12.5. The van der Waals surface area contributed by atoms with Crippen LogP contribution in [0.4, 0.5) is 0 Å². The second-order valence-corrected chi connectivity index (χ2v) is 6.87. The zero-order valence-corrected chi connectivity index (χ0v) is 15.2. The van der Waals surface area contributed by atoms with Gasteiger partial charge in [0.2, 0.25) is 0 Å². The van der Waals surface area contributed by atoms with Gasteiger partial charge in [-0.25, -0.2) is 0 Å². The summed E-state index contributed by atoms with van der Waals surface area (Å²) in [4.78, 5) is 15.9. The van der Waals surface area contributed by atoms with Crippen LogP contribution in [0.5, 0.6) is 0 Å². The second kappa shape index (κ2) is 6.15. The number of carboxylic acid groups (broad SMARTS) is 1. The number of aryl methyl sites for hydroxylation is 1. The second-order valence-electron chi connectivity index (χ2n) is 6.43. The lowest BCUT2D eigenvalue weighted by Gasteiger charge is -2.09. The number of carbonyl (C=O) groups is 1. The molecule has 0 spiro atoms. The lowest BCUT2D eigenvalue weighted by atomic mass is 9.97. The number of rotatable bonds is 3. The van der Waals surface area contributed by atoms with Crippen LogP contribution in [0.2, 0.25) is 5.02 Å². The summed E-state index contributed by atoms with van der Waals surface area (Å²) in [6, 6.07) is 13.7. The lowest BCUT2D eigenvalue weighted by molar-refractivity contribution is -0.137. The highest BCUT2D eigenvalue weighted by molar-refractivity contribution is 6.31. The topological polar surface area (TPSA) is 55.1 Å². The third kappa shape index (κ3) is 2.54. The highest BCUT2D eigenvalue weighted by atomic mass is 35.5. The molecule has 0 aliphatic carbocycles. The smallest absolute Gasteiger partial charge is 0.323 e. The maximum Gasteiger partial charge on any atom is 0.323 e. The molecule has 0 saturated heterocycles. The van der Waals surface area contributed by atoms with E-state index >= 15 is 0 Å². The van der Waals surface area contributed by atoms with Gasteiger partial charge in [0.05, 0.1) is 5.52 Å². The molecule has 5 heteroatoms. The van der Waals surface area contributed by atoms with Crippen LogP contribution in [-0.4, -0.2) is 20.6 Å². The highest BCUT2D eigenvalue weighted by Crippen LogP contribution is 2.39. The number of nitrogens with zero attached hydrogens (tertiary/aromatic N) is 2. The summed E-state index contributed by atoms with van der Waals surface area (Å²) in [5, 5.41) is 12.0. The number of halogens is 1. The predicted molar refractivity (Wildman–Crippen MR) is 105 cm³/mol. The van der Waals surface area contributed by atoms with Gasteiger partial charge in [0.1, 0.15) is 6.54 Å². The van der Waals surface area contributed by atoms with Crippen LogP contribution < -0.4 is 0 Å². The summed E-state index contributed by atoms with van der Waals surface area (Å²) >= 11 is 6.25. The summed E-state index contributed by atoms with van der Waals surface area (Å²) < 4.78 is 1.82. The largest absolute Gasteiger partial charge is 0.480 e. The first-order valence-corrected chi connectivity index (χ1v) is 8.70. The molecule has 4 nitrogen and oxygen atoms in total. The van der Waals surface area contributed by atoms with Crippen molar-refractivity contribution in [2.75, 3.05) is 0 Å². The molecule has 4 rings (SSSR count). The third-order valence-electron chi connectivity index (χ3n) is 4.82. The van der Waals surface area contributed by atoms with Crippen molar-refractivity contribution in [2.24, 2.45) is 0 Å². The fourth-order valence-corrected chi connectivity index (χ4v) is 3.85. The number of aromatic nitrogens is 2. The number of hydrogen-bond donors (Lipinski definition) is 1. The number of carboxylic acids is 1.